The van der Waals surface area contributed by atoms with Gasteiger partial charge in [-0.15, -0.1) is 0 Å². The van der Waals surface area contributed by atoms with Gasteiger partial charge in [-0.2, -0.15) is 0 Å². The molecule has 0 amide bonds. The lowest BCUT2D eigenvalue weighted by Gasteiger charge is -2.54. The zero-order valence-electron chi connectivity index (χ0n) is 23.1. The van der Waals surface area contributed by atoms with Crippen molar-refractivity contribution < 1.29 is 34.0 Å². The molecule has 1 saturated carbocycles. The standard InChI is InChI=1S/C28H47N3O7/c1-4-17(8-10-30-3)27(35)37-23-12-19-21(13-22-25(26(19)34)20(33)11-18(15-32)36-22)38-28(23,2)9-7-16-5-6-24(29)31-14-16/h4,16,18-19,21-26,30-32,34H,5-15,29H2,1-3H3. The Bertz CT molecular complexity index is 861. The van der Waals surface area contributed by atoms with Gasteiger partial charge in [-0.3, -0.25) is 4.79 Å². The number of aliphatic hydroxyl groups is 2. The van der Waals surface area contributed by atoms with Crippen LogP contribution in [0.1, 0.15) is 65.2 Å². The molecule has 10 nitrogen and oxygen atoms in total. The van der Waals surface area contributed by atoms with Crippen LogP contribution in [0.15, 0.2) is 11.6 Å². The number of nitrogens with one attached hydrogen (secondary N) is 2. The Morgan fingerprint density at radius 3 is 2.76 bits per heavy atom. The van der Waals surface area contributed by atoms with Crippen molar-refractivity contribution >= 4 is 11.8 Å². The highest BCUT2D eigenvalue weighted by molar-refractivity contribution is 5.88. The van der Waals surface area contributed by atoms with Crippen molar-refractivity contribution in [2.45, 2.75) is 108 Å². The number of esters is 1. The lowest BCUT2D eigenvalue weighted by molar-refractivity contribution is -0.264. The molecule has 3 saturated heterocycles. The number of carbonyl (C=O) groups is 2. The quantitative estimate of drug-likeness (QED) is 0.211. The number of rotatable bonds is 9. The molecule has 10 atom stereocenters. The molecule has 6 N–H and O–H groups in total. The van der Waals surface area contributed by atoms with Crippen LogP contribution < -0.4 is 16.4 Å². The van der Waals surface area contributed by atoms with Gasteiger partial charge in [-0.25, -0.2) is 4.79 Å². The van der Waals surface area contributed by atoms with Crippen LogP contribution in [0.4, 0.5) is 0 Å². The highest BCUT2D eigenvalue weighted by atomic mass is 16.6. The number of hydrogen-bond donors (Lipinski definition) is 5. The van der Waals surface area contributed by atoms with Crippen LogP contribution in [0, 0.1) is 17.8 Å². The summed E-state index contributed by atoms with van der Waals surface area (Å²) in [7, 11) is 1.84. The molecule has 0 spiro atoms. The van der Waals surface area contributed by atoms with E-state index in [2.05, 4.69) is 10.6 Å². The van der Waals surface area contributed by atoms with Gasteiger partial charge in [0.05, 0.1) is 43.1 Å². The van der Waals surface area contributed by atoms with E-state index in [9.17, 15) is 19.8 Å². The fraction of sp³-hybridized carbons (Fsp3) is 0.857. The van der Waals surface area contributed by atoms with Crippen molar-refractivity contribution in [1.82, 2.24) is 10.6 Å². The molecule has 1 aliphatic carbocycles. The maximum Gasteiger partial charge on any atom is 0.334 e. The van der Waals surface area contributed by atoms with Crippen LogP contribution in [-0.4, -0.2) is 91.0 Å². The number of fused-ring (bicyclic) bond motifs is 2. The third-order valence-electron chi connectivity index (χ3n) is 9.22. The Morgan fingerprint density at radius 2 is 2.11 bits per heavy atom. The maximum absolute atomic E-state index is 13.2. The number of allylic oxidation sites excluding steroid dienone is 1. The van der Waals surface area contributed by atoms with E-state index in [1.165, 1.54) is 0 Å². The molecule has 0 bridgehead atoms. The van der Waals surface area contributed by atoms with E-state index in [1.807, 2.05) is 20.9 Å². The fourth-order valence-corrected chi connectivity index (χ4v) is 6.80. The Labute approximate surface area is 226 Å². The first-order valence-electron chi connectivity index (χ1n) is 14.3. The monoisotopic (exact) mass is 537 g/mol. The van der Waals surface area contributed by atoms with E-state index in [0.29, 0.717) is 43.7 Å². The molecule has 10 heteroatoms. The number of Topliss-reactive ketones (excluding diaryl/α,β-unsaturated/α-hetero) is 1. The molecule has 4 fully saturated rings. The first-order valence-corrected chi connectivity index (χ1v) is 14.3. The fourth-order valence-electron chi connectivity index (χ4n) is 6.80. The van der Waals surface area contributed by atoms with Crippen molar-refractivity contribution in [3.05, 3.63) is 11.6 Å². The van der Waals surface area contributed by atoms with Crippen LogP contribution in [0.5, 0.6) is 0 Å². The smallest absolute Gasteiger partial charge is 0.334 e. The summed E-state index contributed by atoms with van der Waals surface area (Å²) in [5.41, 5.74) is 5.86. The van der Waals surface area contributed by atoms with Crippen molar-refractivity contribution in [1.29, 1.82) is 0 Å². The summed E-state index contributed by atoms with van der Waals surface area (Å²) >= 11 is 0. The van der Waals surface area contributed by atoms with Gasteiger partial charge in [0.1, 0.15) is 17.5 Å². The van der Waals surface area contributed by atoms with Crippen molar-refractivity contribution in [2.24, 2.45) is 23.5 Å². The Morgan fingerprint density at radius 1 is 1.32 bits per heavy atom. The van der Waals surface area contributed by atoms with Gasteiger partial charge in [0.15, 0.2) is 0 Å². The van der Waals surface area contributed by atoms with Gasteiger partial charge in [0.25, 0.3) is 0 Å². The second-order valence-electron chi connectivity index (χ2n) is 11.8. The zero-order chi connectivity index (χ0) is 27.4. The minimum atomic E-state index is -0.953. The number of ketones is 1. The number of ether oxygens (including phenoxy) is 3. The Hall–Kier alpha value is -1.40. The summed E-state index contributed by atoms with van der Waals surface area (Å²) in [5, 5.41) is 27.4. The predicted octanol–water partition coefficient (Wildman–Crippen LogP) is 0.782. The molecule has 38 heavy (non-hydrogen) atoms. The zero-order valence-corrected chi connectivity index (χ0v) is 23.1. The summed E-state index contributed by atoms with van der Waals surface area (Å²) in [6.07, 6.45) is 4.04. The van der Waals surface area contributed by atoms with Gasteiger partial charge in [-0.1, -0.05) is 6.08 Å². The molecule has 3 heterocycles. The molecular formula is C28H47N3O7. The average molecular weight is 538 g/mol. The average Bonchev–Trinajstić information content (AvgIpc) is 2.89. The highest BCUT2D eigenvalue weighted by Gasteiger charge is 2.57. The summed E-state index contributed by atoms with van der Waals surface area (Å²) in [6.45, 7) is 5.12. The first-order chi connectivity index (χ1) is 18.2. The largest absolute Gasteiger partial charge is 0.456 e. The maximum atomic E-state index is 13.2. The van der Waals surface area contributed by atoms with Gasteiger partial charge in [0.2, 0.25) is 0 Å². The van der Waals surface area contributed by atoms with E-state index >= 15 is 0 Å². The predicted molar refractivity (Wildman–Crippen MR) is 141 cm³/mol. The van der Waals surface area contributed by atoms with Crippen molar-refractivity contribution in [2.75, 3.05) is 26.7 Å². The minimum Gasteiger partial charge on any atom is -0.456 e. The molecule has 0 radical (unpaired) electrons. The SMILES string of the molecule is CC=C(CCNC)C(=O)OC1CC2C(CC3OC(CO)CC(=O)C3C2O)OC1(C)CCC1CCC(N)NC1. The van der Waals surface area contributed by atoms with E-state index < -0.39 is 35.9 Å². The normalized spacial score (nSPS) is 41.8. The summed E-state index contributed by atoms with van der Waals surface area (Å²) < 4.78 is 18.9. The lowest BCUT2D eigenvalue weighted by atomic mass is 9.66. The number of nitrogens with two attached hydrogens (primary N) is 1. The van der Waals surface area contributed by atoms with E-state index in [-0.39, 0.29) is 43.0 Å². The Kier molecular flexibility index (Phi) is 10.00. The second kappa shape index (κ2) is 12.8. The molecule has 0 aromatic heterocycles. The molecule has 216 valence electrons. The summed E-state index contributed by atoms with van der Waals surface area (Å²) in [4.78, 5) is 26.1. The summed E-state index contributed by atoms with van der Waals surface area (Å²) in [6, 6.07) is 0. The number of carbonyl (C=O) groups excluding carboxylic acids is 2. The van der Waals surface area contributed by atoms with E-state index in [1.54, 1.807) is 6.08 Å². The van der Waals surface area contributed by atoms with Crippen LogP contribution >= 0.6 is 0 Å². The molecule has 3 aliphatic heterocycles. The molecule has 4 aliphatic rings. The topological polar surface area (TPSA) is 152 Å². The lowest BCUT2D eigenvalue weighted by Crippen LogP contribution is -2.64. The second-order valence-corrected chi connectivity index (χ2v) is 11.8. The van der Waals surface area contributed by atoms with Crippen LogP contribution in [0.25, 0.3) is 0 Å². The highest BCUT2D eigenvalue weighted by Crippen LogP contribution is 2.48. The van der Waals surface area contributed by atoms with E-state index in [4.69, 9.17) is 19.9 Å². The van der Waals surface area contributed by atoms with E-state index in [0.717, 1.165) is 25.8 Å². The van der Waals surface area contributed by atoms with Gasteiger partial charge < -0.3 is 40.8 Å². The Balaban J connectivity index is 1.53. The minimum absolute atomic E-state index is 0.0386. The van der Waals surface area contributed by atoms with Crippen LogP contribution in [0.2, 0.25) is 0 Å². The molecule has 0 aromatic rings. The number of piperidine rings is 1. The first kappa shape index (κ1) is 29.6. The number of aliphatic hydroxyl groups excluding tert-OH is 2. The van der Waals surface area contributed by atoms with Gasteiger partial charge >= 0.3 is 5.97 Å². The van der Waals surface area contributed by atoms with Crippen molar-refractivity contribution in [3.8, 4) is 0 Å². The van der Waals surface area contributed by atoms with Gasteiger partial charge in [-0.05, 0) is 78.4 Å². The number of hydrogen-bond acceptors (Lipinski definition) is 10. The van der Waals surface area contributed by atoms with Crippen LogP contribution in [0.3, 0.4) is 0 Å². The molecule has 0 aromatic carbocycles. The van der Waals surface area contributed by atoms with Crippen molar-refractivity contribution in [3.63, 3.8) is 0 Å². The third kappa shape index (κ3) is 6.49. The molecular weight excluding hydrogens is 490 g/mol. The third-order valence-corrected chi connectivity index (χ3v) is 9.22. The molecule has 10 unspecified atom stereocenters. The van der Waals surface area contributed by atoms with Gasteiger partial charge in [0, 0.05) is 24.3 Å². The molecule has 4 rings (SSSR count). The van der Waals surface area contributed by atoms with Crippen LogP contribution in [-0.2, 0) is 23.8 Å². The summed E-state index contributed by atoms with van der Waals surface area (Å²) in [5.74, 6) is -0.989.